The molecule has 176 valence electrons. The molecular formula is C27H35N3O3. The van der Waals surface area contributed by atoms with E-state index in [1.807, 2.05) is 55.1 Å². The molecule has 0 bridgehead atoms. The van der Waals surface area contributed by atoms with Crippen LogP contribution in [0.5, 0.6) is 0 Å². The van der Waals surface area contributed by atoms with Crippen LogP contribution in [0.15, 0.2) is 60.7 Å². The van der Waals surface area contributed by atoms with Gasteiger partial charge in [0, 0.05) is 38.2 Å². The molecule has 2 unspecified atom stereocenters. The molecule has 1 fully saturated rings. The maximum Gasteiger partial charge on any atom is 0.251 e. The second kappa shape index (κ2) is 12.2. The molecule has 1 saturated heterocycles. The smallest absolute Gasteiger partial charge is 0.251 e. The first-order valence-corrected chi connectivity index (χ1v) is 12.0. The first-order chi connectivity index (χ1) is 16.0. The Morgan fingerprint density at radius 3 is 2.06 bits per heavy atom. The lowest BCUT2D eigenvalue weighted by molar-refractivity contribution is -0.141. The van der Waals surface area contributed by atoms with Crippen molar-refractivity contribution in [3.8, 4) is 0 Å². The molecule has 0 aromatic heterocycles. The SMILES string of the molecule is CCC(C)C(NC(=O)c1ccccc1)C(=O)N1CCN(C(=O)CCCc2ccccc2)CC1. The van der Waals surface area contributed by atoms with Gasteiger partial charge in [0.2, 0.25) is 11.8 Å². The van der Waals surface area contributed by atoms with Gasteiger partial charge in [0.05, 0.1) is 0 Å². The molecule has 6 heteroatoms. The topological polar surface area (TPSA) is 69.7 Å². The van der Waals surface area contributed by atoms with Crippen LogP contribution in [0.1, 0.15) is 49.0 Å². The van der Waals surface area contributed by atoms with Gasteiger partial charge in [0.25, 0.3) is 5.91 Å². The Bertz CT molecular complexity index is 909. The van der Waals surface area contributed by atoms with Crippen LogP contribution in [0.3, 0.4) is 0 Å². The van der Waals surface area contributed by atoms with Crippen LogP contribution in [0.25, 0.3) is 0 Å². The van der Waals surface area contributed by atoms with E-state index in [9.17, 15) is 14.4 Å². The largest absolute Gasteiger partial charge is 0.340 e. The van der Waals surface area contributed by atoms with E-state index in [0.29, 0.717) is 38.2 Å². The summed E-state index contributed by atoms with van der Waals surface area (Å²) in [5, 5.41) is 2.95. The molecule has 1 heterocycles. The Labute approximate surface area is 197 Å². The predicted octanol–water partition coefficient (Wildman–Crippen LogP) is 3.52. The van der Waals surface area contributed by atoms with E-state index in [1.54, 1.807) is 17.0 Å². The molecule has 1 aliphatic heterocycles. The second-order valence-electron chi connectivity index (χ2n) is 8.75. The van der Waals surface area contributed by atoms with Crippen molar-refractivity contribution in [1.29, 1.82) is 0 Å². The summed E-state index contributed by atoms with van der Waals surface area (Å²) in [7, 11) is 0. The molecule has 2 aromatic rings. The van der Waals surface area contributed by atoms with Gasteiger partial charge >= 0.3 is 0 Å². The summed E-state index contributed by atoms with van der Waals surface area (Å²) in [6, 6.07) is 18.6. The minimum absolute atomic E-state index is 0.0165. The average Bonchev–Trinajstić information content (AvgIpc) is 2.87. The van der Waals surface area contributed by atoms with Crippen LogP contribution >= 0.6 is 0 Å². The quantitative estimate of drug-likeness (QED) is 0.637. The van der Waals surface area contributed by atoms with Crippen LogP contribution in [0.4, 0.5) is 0 Å². The van der Waals surface area contributed by atoms with Gasteiger partial charge in [0.1, 0.15) is 6.04 Å². The monoisotopic (exact) mass is 449 g/mol. The number of rotatable bonds is 9. The molecule has 2 atom stereocenters. The van der Waals surface area contributed by atoms with Gasteiger partial charge < -0.3 is 15.1 Å². The maximum absolute atomic E-state index is 13.3. The molecule has 0 spiro atoms. The van der Waals surface area contributed by atoms with E-state index in [1.165, 1.54) is 5.56 Å². The number of piperazine rings is 1. The highest BCUT2D eigenvalue weighted by Gasteiger charge is 2.32. The van der Waals surface area contributed by atoms with Gasteiger partial charge in [-0.15, -0.1) is 0 Å². The molecular weight excluding hydrogens is 414 g/mol. The number of nitrogens with zero attached hydrogens (tertiary/aromatic N) is 2. The number of benzene rings is 2. The Kier molecular flexibility index (Phi) is 9.04. The van der Waals surface area contributed by atoms with Gasteiger partial charge in [-0.05, 0) is 36.5 Å². The fourth-order valence-electron chi connectivity index (χ4n) is 4.12. The lowest BCUT2D eigenvalue weighted by Crippen LogP contribution is -2.57. The molecule has 1 aliphatic rings. The average molecular weight is 450 g/mol. The Hall–Kier alpha value is -3.15. The summed E-state index contributed by atoms with van der Waals surface area (Å²) >= 11 is 0. The fraction of sp³-hybridized carbons (Fsp3) is 0.444. The summed E-state index contributed by atoms with van der Waals surface area (Å²) in [6.07, 6.45) is 3.02. The third kappa shape index (κ3) is 6.91. The minimum atomic E-state index is -0.573. The van der Waals surface area contributed by atoms with E-state index in [0.717, 1.165) is 19.3 Å². The lowest BCUT2D eigenvalue weighted by Gasteiger charge is -2.37. The van der Waals surface area contributed by atoms with Crippen molar-refractivity contribution in [2.45, 2.75) is 45.6 Å². The Morgan fingerprint density at radius 1 is 0.879 bits per heavy atom. The molecule has 0 radical (unpaired) electrons. The van der Waals surface area contributed by atoms with Crippen molar-refractivity contribution in [3.05, 3.63) is 71.8 Å². The molecule has 1 N–H and O–H groups in total. The second-order valence-corrected chi connectivity index (χ2v) is 8.75. The standard InChI is InChI=1S/C27H35N3O3/c1-3-21(2)25(28-26(32)23-14-8-5-9-15-23)27(33)30-19-17-29(18-20-30)24(31)16-10-13-22-11-6-4-7-12-22/h4-9,11-12,14-15,21,25H,3,10,13,16-20H2,1-2H3,(H,28,32). The van der Waals surface area contributed by atoms with Crippen molar-refractivity contribution in [3.63, 3.8) is 0 Å². The van der Waals surface area contributed by atoms with Crippen molar-refractivity contribution in [2.75, 3.05) is 26.2 Å². The van der Waals surface area contributed by atoms with Gasteiger partial charge in [-0.3, -0.25) is 14.4 Å². The molecule has 6 nitrogen and oxygen atoms in total. The molecule has 0 aliphatic carbocycles. The van der Waals surface area contributed by atoms with E-state index in [2.05, 4.69) is 17.4 Å². The van der Waals surface area contributed by atoms with Gasteiger partial charge in [-0.25, -0.2) is 0 Å². The number of hydrogen-bond acceptors (Lipinski definition) is 3. The zero-order valence-electron chi connectivity index (χ0n) is 19.7. The minimum Gasteiger partial charge on any atom is -0.340 e. The van der Waals surface area contributed by atoms with Crippen molar-refractivity contribution in [1.82, 2.24) is 15.1 Å². The van der Waals surface area contributed by atoms with Crippen LogP contribution in [-0.2, 0) is 16.0 Å². The predicted molar refractivity (Wildman–Crippen MR) is 130 cm³/mol. The summed E-state index contributed by atoms with van der Waals surface area (Å²) in [5.41, 5.74) is 1.79. The van der Waals surface area contributed by atoms with Gasteiger partial charge in [-0.2, -0.15) is 0 Å². The third-order valence-electron chi connectivity index (χ3n) is 6.44. The number of amides is 3. The molecule has 3 rings (SSSR count). The molecule has 0 saturated carbocycles. The first kappa shape index (κ1) is 24.5. The molecule has 3 amide bonds. The van der Waals surface area contributed by atoms with E-state index in [-0.39, 0.29) is 23.6 Å². The van der Waals surface area contributed by atoms with Gasteiger partial charge in [-0.1, -0.05) is 68.8 Å². The van der Waals surface area contributed by atoms with Crippen LogP contribution in [0, 0.1) is 5.92 Å². The van der Waals surface area contributed by atoms with E-state index in [4.69, 9.17) is 0 Å². The van der Waals surface area contributed by atoms with Crippen molar-refractivity contribution < 1.29 is 14.4 Å². The van der Waals surface area contributed by atoms with Crippen molar-refractivity contribution in [2.24, 2.45) is 5.92 Å². The van der Waals surface area contributed by atoms with Crippen molar-refractivity contribution >= 4 is 17.7 Å². The normalized spacial score (nSPS) is 15.6. The highest BCUT2D eigenvalue weighted by molar-refractivity contribution is 5.97. The van der Waals surface area contributed by atoms with Crippen LogP contribution in [-0.4, -0.2) is 59.7 Å². The van der Waals surface area contributed by atoms with Crippen LogP contribution < -0.4 is 5.32 Å². The van der Waals surface area contributed by atoms with Crippen LogP contribution in [0.2, 0.25) is 0 Å². The number of carbonyl (C=O) groups is 3. The third-order valence-corrected chi connectivity index (χ3v) is 6.44. The number of hydrogen-bond donors (Lipinski definition) is 1. The number of carbonyl (C=O) groups excluding carboxylic acids is 3. The zero-order valence-corrected chi connectivity index (χ0v) is 19.7. The fourth-order valence-corrected chi connectivity index (χ4v) is 4.12. The summed E-state index contributed by atoms with van der Waals surface area (Å²) in [4.78, 5) is 42.2. The molecule has 33 heavy (non-hydrogen) atoms. The Morgan fingerprint density at radius 2 is 1.45 bits per heavy atom. The van der Waals surface area contributed by atoms with E-state index < -0.39 is 6.04 Å². The number of aryl methyl sites for hydroxylation is 1. The highest BCUT2D eigenvalue weighted by Crippen LogP contribution is 2.15. The van der Waals surface area contributed by atoms with Gasteiger partial charge in [0.15, 0.2) is 0 Å². The zero-order chi connectivity index (χ0) is 23.6. The highest BCUT2D eigenvalue weighted by atomic mass is 16.2. The lowest BCUT2D eigenvalue weighted by atomic mass is 9.97. The number of nitrogens with one attached hydrogen (secondary N) is 1. The summed E-state index contributed by atoms with van der Waals surface area (Å²) in [6.45, 7) is 6.08. The Balaban J connectivity index is 1.50. The maximum atomic E-state index is 13.3. The molecule has 2 aromatic carbocycles. The van der Waals surface area contributed by atoms with E-state index >= 15 is 0 Å². The summed E-state index contributed by atoms with van der Waals surface area (Å²) in [5.74, 6) is -0.136. The first-order valence-electron chi connectivity index (χ1n) is 12.0. The summed E-state index contributed by atoms with van der Waals surface area (Å²) < 4.78 is 0.